The van der Waals surface area contributed by atoms with Crippen molar-refractivity contribution in [2.45, 2.75) is 45.6 Å². The van der Waals surface area contributed by atoms with Crippen LogP contribution >= 0.6 is 0 Å². The maximum absolute atomic E-state index is 13.5. The Hall–Kier alpha value is -3.56. The first-order valence-corrected chi connectivity index (χ1v) is 14.6. The van der Waals surface area contributed by atoms with Crippen molar-refractivity contribution in [3.8, 4) is 17.2 Å². The molecule has 2 fully saturated rings. The summed E-state index contributed by atoms with van der Waals surface area (Å²) < 4.78 is 22.7. The van der Waals surface area contributed by atoms with Crippen LogP contribution in [-0.4, -0.2) is 86.3 Å². The predicted molar refractivity (Wildman–Crippen MR) is 157 cm³/mol. The Kier molecular flexibility index (Phi) is 11.0. The van der Waals surface area contributed by atoms with Gasteiger partial charge in [-0.25, -0.2) is 0 Å². The second kappa shape index (κ2) is 14.9. The Bertz CT molecular complexity index is 1210. The highest BCUT2D eigenvalue weighted by atomic mass is 16.5. The van der Waals surface area contributed by atoms with Crippen LogP contribution in [0.1, 0.15) is 56.7 Å². The van der Waals surface area contributed by atoms with Gasteiger partial charge in [0.25, 0.3) is 11.7 Å². The molecule has 9 nitrogen and oxygen atoms in total. The molecule has 1 N–H and O–H groups in total. The lowest BCUT2D eigenvalue weighted by Crippen LogP contribution is -2.42. The topological polar surface area (TPSA) is 97.8 Å². The number of carbonyl (C=O) groups is 2. The van der Waals surface area contributed by atoms with Gasteiger partial charge >= 0.3 is 0 Å². The summed E-state index contributed by atoms with van der Waals surface area (Å²) in [5.74, 6) is 0.219. The average molecular weight is 567 g/mol. The monoisotopic (exact) mass is 566 g/mol. The molecular weight excluding hydrogens is 524 g/mol. The van der Waals surface area contributed by atoms with Crippen molar-refractivity contribution in [2.75, 3.05) is 59.7 Å². The van der Waals surface area contributed by atoms with E-state index in [-0.39, 0.29) is 11.3 Å². The standard InChI is InChI=1S/C32H42N2O7/c1-4-6-18-40-25-11-8-23(9-12-25)30(35)28-29(24-10-13-26(27(22-24)38-3)41-19-7-5-2)34(32(37)31(28)36)15-14-33-16-20-39-21-17-33/h8-13,22,29,35H,4-7,14-21H2,1-3H3. The third-order valence-electron chi connectivity index (χ3n) is 7.45. The van der Waals surface area contributed by atoms with Crippen molar-refractivity contribution in [1.82, 2.24) is 9.80 Å². The first kappa shape index (κ1) is 30.4. The molecule has 0 saturated carbocycles. The van der Waals surface area contributed by atoms with Crippen LogP contribution in [0.25, 0.3) is 5.76 Å². The van der Waals surface area contributed by atoms with Gasteiger partial charge < -0.3 is 29.0 Å². The molecule has 0 spiro atoms. The molecule has 9 heteroatoms. The van der Waals surface area contributed by atoms with Crippen molar-refractivity contribution in [2.24, 2.45) is 0 Å². The van der Waals surface area contributed by atoms with Crippen LogP contribution in [-0.2, 0) is 14.3 Å². The van der Waals surface area contributed by atoms with Crippen LogP contribution in [0, 0.1) is 0 Å². The van der Waals surface area contributed by atoms with Crippen LogP contribution in [0.2, 0.25) is 0 Å². The lowest BCUT2D eigenvalue weighted by molar-refractivity contribution is -0.140. The van der Waals surface area contributed by atoms with E-state index in [9.17, 15) is 14.7 Å². The molecule has 1 unspecified atom stereocenters. The summed E-state index contributed by atoms with van der Waals surface area (Å²) in [5, 5.41) is 11.5. The van der Waals surface area contributed by atoms with Gasteiger partial charge in [0, 0.05) is 31.7 Å². The normalized spacial score (nSPS) is 19.0. The maximum Gasteiger partial charge on any atom is 0.295 e. The van der Waals surface area contributed by atoms with E-state index in [0.717, 1.165) is 38.8 Å². The summed E-state index contributed by atoms with van der Waals surface area (Å²) in [6.07, 6.45) is 3.89. The van der Waals surface area contributed by atoms with Gasteiger partial charge in [-0.1, -0.05) is 32.8 Å². The molecule has 41 heavy (non-hydrogen) atoms. The first-order valence-electron chi connectivity index (χ1n) is 14.6. The first-order chi connectivity index (χ1) is 20.0. The zero-order chi connectivity index (χ0) is 29.2. The molecule has 2 saturated heterocycles. The third kappa shape index (κ3) is 7.40. The molecule has 2 aromatic carbocycles. The van der Waals surface area contributed by atoms with E-state index in [4.69, 9.17) is 18.9 Å². The highest BCUT2D eigenvalue weighted by Gasteiger charge is 2.46. The number of likely N-dealkylation sites (tertiary alicyclic amines) is 1. The molecule has 0 aliphatic carbocycles. The van der Waals surface area contributed by atoms with Crippen LogP contribution < -0.4 is 14.2 Å². The minimum Gasteiger partial charge on any atom is -0.507 e. The molecule has 2 aromatic rings. The Labute approximate surface area is 242 Å². The number of aliphatic hydroxyl groups is 1. The number of unbranched alkanes of at least 4 members (excludes halogenated alkanes) is 2. The SMILES string of the molecule is CCCCOc1ccc(C(O)=C2C(=O)C(=O)N(CCN3CCOCC3)C2c2ccc(OCCCC)c(OC)c2)cc1. The lowest BCUT2D eigenvalue weighted by Gasteiger charge is -2.31. The maximum atomic E-state index is 13.5. The second-order valence-corrected chi connectivity index (χ2v) is 10.3. The van der Waals surface area contributed by atoms with Gasteiger partial charge in [0.15, 0.2) is 11.5 Å². The van der Waals surface area contributed by atoms with Gasteiger partial charge in [0.2, 0.25) is 0 Å². The fraction of sp³-hybridized carbons (Fsp3) is 0.500. The van der Waals surface area contributed by atoms with Gasteiger partial charge in [-0.05, 0) is 54.8 Å². The van der Waals surface area contributed by atoms with Crippen molar-refractivity contribution in [3.05, 3.63) is 59.2 Å². The van der Waals surface area contributed by atoms with Gasteiger partial charge in [-0.2, -0.15) is 0 Å². The number of aliphatic hydroxyl groups excluding tert-OH is 1. The minimum atomic E-state index is -0.782. The van der Waals surface area contributed by atoms with Crippen LogP contribution in [0.5, 0.6) is 17.2 Å². The molecule has 2 aliphatic rings. The number of ketones is 1. The Balaban J connectivity index is 1.69. The van der Waals surface area contributed by atoms with Gasteiger partial charge in [0.05, 0.1) is 45.2 Å². The van der Waals surface area contributed by atoms with Crippen LogP contribution in [0.4, 0.5) is 0 Å². The van der Waals surface area contributed by atoms with E-state index in [1.165, 1.54) is 0 Å². The number of hydrogen-bond donors (Lipinski definition) is 1. The number of morpholine rings is 1. The lowest BCUT2D eigenvalue weighted by atomic mass is 9.95. The molecule has 1 amide bonds. The summed E-state index contributed by atoms with van der Waals surface area (Å²) in [7, 11) is 1.56. The number of hydrogen-bond acceptors (Lipinski definition) is 8. The second-order valence-electron chi connectivity index (χ2n) is 10.3. The number of Topliss-reactive ketones (excluding diaryl/α,β-unsaturated/α-hetero) is 1. The van der Waals surface area contributed by atoms with Crippen LogP contribution in [0.3, 0.4) is 0 Å². The van der Waals surface area contributed by atoms with E-state index < -0.39 is 17.7 Å². The Morgan fingerprint density at radius 1 is 0.927 bits per heavy atom. The number of amides is 1. The summed E-state index contributed by atoms with van der Waals surface area (Å²) >= 11 is 0. The Morgan fingerprint density at radius 3 is 2.27 bits per heavy atom. The van der Waals surface area contributed by atoms with E-state index in [1.54, 1.807) is 48.4 Å². The summed E-state index contributed by atoms with van der Waals surface area (Å²) in [6.45, 7) is 9.07. The molecule has 2 aliphatic heterocycles. The van der Waals surface area contributed by atoms with Crippen molar-refractivity contribution >= 4 is 17.4 Å². The van der Waals surface area contributed by atoms with Crippen molar-refractivity contribution in [3.63, 3.8) is 0 Å². The smallest absolute Gasteiger partial charge is 0.295 e. The quantitative estimate of drug-likeness (QED) is 0.151. The molecule has 0 bridgehead atoms. The van der Waals surface area contributed by atoms with Gasteiger partial charge in [-0.3, -0.25) is 14.5 Å². The van der Waals surface area contributed by atoms with Crippen molar-refractivity contribution in [1.29, 1.82) is 0 Å². The van der Waals surface area contributed by atoms with Crippen LogP contribution in [0.15, 0.2) is 48.0 Å². The molecule has 0 aromatic heterocycles. The van der Waals surface area contributed by atoms with E-state index in [2.05, 4.69) is 18.7 Å². The number of ether oxygens (including phenoxy) is 4. The highest BCUT2D eigenvalue weighted by Crippen LogP contribution is 2.42. The molecule has 4 rings (SSSR count). The number of carbonyl (C=O) groups excluding carboxylic acids is 2. The number of rotatable bonds is 14. The molecule has 1 atom stereocenters. The third-order valence-corrected chi connectivity index (χ3v) is 7.45. The number of benzene rings is 2. The molecular formula is C32H42N2O7. The fourth-order valence-corrected chi connectivity index (χ4v) is 5.03. The van der Waals surface area contributed by atoms with E-state index >= 15 is 0 Å². The number of methoxy groups -OCH3 is 1. The largest absolute Gasteiger partial charge is 0.507 e. The van der Waals surface area contributed by atoms with Gasteiger partial charge in [-0.15, -0.1) is 0 Å². The minimum absolute atomic E-state index is 0.0540. The fourth-order valence-electron chi connectivity index (χ4n) is 5.03. The highest BCUT2D eigenvalue weighted by molar-refractivity contribution is 6.46. The average Bonchev–Trinajstić information content (AvgIpc) is 3.26. The Morgan fingerprint density at radius 2 is 1.61 bits per heavy atom. The summed E-state index contributed by atoms with van der Waals surface area (Å²) in [6, 6.07) is 11.6. The van der Waals surface area contributed by atoms with E-state index in [0.29, 0.717) is 67.9 Å². The van der Waals surface area contributed by atoms with Crippen molar-refractivity contribution < 1.29 is 33.6 Å². The van der Waals surface area contributed by atoms with Gasteiger partial charge in [0.1, 0.15) is 11.5 Å². The molecule has 222 valence electrons. The zero-order valence-electron chi connectivity index (χ0n) is 24.4. The number of nitrogens with zero attached hydrogens (tertiary/aromatic N) is 2. The molecule has 0 radical (unpaired) electrons. The zero-order valence-corrected chi connectivity index (χ0v) is 24.4. The van der Waals surface area contributed by atoms with E-state index in [1.807, 2.05) is 6.07 Å². The summed E-state index contributed by atoms with van der Waals surface area (Å²) in [4.78, 5) is 30.7. The summed E-state index contributed by atoms with van der Waals surface area (Å²) in [5.41, 5.74) is 1.15. The predicted octanol–water partition coefficient (Wildman–Crippen LogP) is 4.81. The molecule has 2 heterocycles.